The third kappa shape index (κ3) is 4.70. The van der Waals surface area contributed by atoms with E-state index in [-0.39, 0.29) is 5.69 Å². The largest absolute Gasteiger partial charge is 0.417 e. The van der Waals surface area contributed by atoms with Crippen molar-refractivity contribution in [3.63, 3.8) is 0 Å². The van der Waals surface area contributed by atoms with Crippen LogP contribution in [0.3, 0.4) is 0 Å². The van der Waals surface area contributed by atoms with Crippen molar-refractivity contribution in [2.24, 2.45) is 0 Å². The van der Waals surface area contributed by atoms with Crippen LogP contribution in [0.15, 0.2) is 70.9 Å². The molecule has 0 aliphatic rings. The first-order valence-electron chi connectivity index (χ1n) is 7.60. The zero-order valence-corrected chi connectivity index (χ0v) is 15.3. The summed E-state index contributed by atoms with van der Waals surface area (Å²) < 4.78 is 66.5. The van der Waals surface area contributed by atoms with E-state index in [2.05, 4.69) is 16.6 Å². The molecule has 3 nitrogen and oxygen atoms in total. The Morgan fingerprint density at radius 1 is 0.926 bits per heavy atom. The third-order valence-corrected chi connectivity index (χ3v) is 5.67. The molecule has 8 heteroatoms. The highest BCUT2D eigenvalue weighted by atomic mass is 32.2. The van der Waals surface area contributed by atoms with Crippen molar-refractivity contribution in [2.45, 2.75) is 11.1 Å². The summed E-state index contributed by atoms with van der Waals surface area (Å²) in [5.74, 6) is 5.83. The molecule has 1 heterocycles. The first-order chi connectivity index (χ1) is 12.8. The smallest absolute Gasteiger partial charge is 0.280 e. The summed E-state index contributed by atoms with van der Waals surface area (Å²) in [6, 6.07) is 13.9. The fourth-order valence-electron chi connectivity index (χ4n) is 2.29. The Bertz CT molecular complexity index is 1110. The number of thiophene rings is 1. The summed E-state index contributed by atoms with van der Waals surface area (Å²) in [6.45, 7) is 0. The number of sulfonamides is 1. The van der Waals surface area contributed by atoms with E-state index in [0.717, 1.165) is 23.1 Å². The topological polar surface area (TPSA) is 46.2 Å². The number of rotatable bonds is 3. The standard InChI is InChI=1S/C19H12F3NO2S2/c20-19(21,22)17-8-1-2-9-18(17)27(24,25)23-15-6-3-5-14(13-15)10-11-16-7-4-12-26-16/h1-9,12-13,23H. The molecule has 1 N–H and O–H groups in total. The van der Waals surface area contributed by atoms with Gasteiger partial charge in [-0.1, -0.05) is 36.1 Å². The van der Waals surface area contributed by atoms with Gasteiger partial charge in [-0.25, -0.2) is 8.42 Å². The number of anilines is 1. The fraction of sp³-hybridized carbons (Fsp3) is 0.0526. The Morgan fingerprint density at radius 2 is 1.70 bits per heavy atom. The van der Waals surface area contributed by atoms with Gasteiger partial charge in [0, 0.05) is 5.56 Å². The average Bonchev–Trinajstić information content (AvgIpc) is 3.13. The zero-order valence-electron chi connectivity index (χ0n) is 13.6. The number of hydrogen-bond donors (Lipinski definition) is 1. The highest BCUT2D eigenvalue weighted by Crippen LogP contribution is 2.34. The minimum atomic E-state index is -4.78. The lowest BCUT2D eigenvalue weighted by Crippen LogP contribution is -2.18. The van der Waals surface area contributed by atoms with E-state index in [1.165, 1.54) is 29.5 Å². The molecule has 0 unspecified atom stereocenters. The molecule has 0 fully saturated rings. The van der Waals surface area contributed by atoms with Crippen molar-refractivity contribution in [1.82, 2.24) is 0 Å². The maximum absolute atomic E-state index is 13.1. The van der Waals surface area contributed by atoms with E-state index in [1.807, 2.05) is 17.5 Å². The molecule has 3 aromatic rings. The molecule has 0 amide bonds. The van der Waals surface area contributed by atoms with E-state index in [4.69, 9.17) is 0 Å². The summed E-state index contributed by atoms with van der Waals surface area (Å²) in [5, 5.41) is 1.88. The zero-order chi connectivity index (χ0) is 19.5. The second kappa shape index (κ2) is 7.47. The molecular weight excluding hydrogens is 395 g/mol. The van der Waals surface area contributed by atoms with Gasteiger partial charge in [-0.15, -0.1) is 11.3 Å². The Kier molecular flexibility index (Phi) is 5.26. The van der Waals surface area contributed by atoms with Gasteiger partial charge in [0.2, 0.25) is 0 Å². The van der Waals surface area contributed by atoms with Crippen molar-refractivity contribution in [1.29, 1.82) is 0 Å². The molecule has 2 aromatic carbocycles. The monoisotopic (exact) mass is 407 g/mol. The first kappa shape index (κ1) is 19.0. The maximum atomic E-state index is 13.1. The Labute approximate surface area is 158 Å². The molecule has 0 atom stereocenters. The Balaban J connectivity index is 1.91. The number of hydrogen-bond acceptors (Lipinski definition) is 3. The molecule has 0 saturated heterocycles. The highest BCUT2D eigenvalue weighted by Gasteiger charge is 2.36. The van der Waals surface area contributed by atoms with Gasteiger partial charge in [0.25, 0.3) is 10.0 Å². The minimum absolute atomic E-state index is 0.130. The number of benzene rings is 2. The quantitative estimate of drug-likeness (QED) is 0.624. The van der Waals surface area contributed by atoms with Crippen LogP contribution in [-0.2, 0) is 16.2 Å². The molecule has 0 aliphatic heterocycles. The second-order valence-corrected chi connectivity index (χ2v) is 8.01. The van der Waals surface area contributed by atoms with Gasteiger partial charge >= 0.3 is 6.18 Å². The molecule has 3 rings (SSSR count). The molecule has 1 aromatic heterocycles. The van der Waals surface area contributed by atoms with Crippen LogP contribution in [0.2, 0.25) is 0 Å². The van der Waals surface area contributed by atoms with Crippen LogP contribution < -0.4 is 4.72 Å². The molecule has 138 valence electrons. The molecule has 0 radical (unpaired) electrons. The van der Waals surface area contributed by atoms with E-state index in [1.54, 1.807) is 12.1 Å². The van der Waals surface area contributed by atoms with Gasteiger partial charge in [0.1, 0.15) is 0 Å². The van der Waals surface area contributed by atoms with Gasteiger partial charge in [0.05, 0.1) is 21.0 Å². The molecule has 27 heavy (non-hydrogen) atoms. The van der Waals surface area contributed by atoms with E-state index >= 15 is 0 Å². The maximum Gasteiger partial charge on any atom is 0.417 e. The first-order valence-corrected chi connectivity index (χ1v) is 9.97. The van der Waals surface area contributed by atoms with E-state index in [0.29, 0.717) is 5.56 Å². The van der Waals surface area contributed by atoms with Crippen molar-refractivity contribution in [3.05, 3.63) is 82.0 Å². The van der Waals surface area contributed by atoms with Crippen LogP contribution in [0.25, 0.3) is 0 Å². The predicted octanol–water partition coefficient (Wildman–Crippen LogP) is 4.97. The van der Waals surface area contributed by atoms with Crippen molar-refractivity contribution in [3.8, 4) is 11.8 Å². The molecule has 0 saturated carbocycles. The molecule has 0 spiro atoms. The lowest BCUT2D eigenvalue weighted by atomic mass is 10.2. The van der Waals surface area contributed by atoms with Crippen LogP contribution in [0.4, 0.5) is 18.9 Å². The fourth-order valence-corrected chi connectivity index (χ4v) is 4.14. The Hall–Kier alpha value is -2.76. The second-order valence-electron chi connectivity index (χ2n) is 5.41. The van der Waals surface area contributed by atoms with Crippen LogP contribution in [-0.4, -0.2) is 8.42 Å². The SMILES string of the molecule is O=S(=O)(Nc1cccc(C#Cc2cccs2)c1)c1ccccc1C(F)(F)F. The highest BCUT2D eigenvalue weighted by molar-refractivity contribution is 7.92. The van der Waals surface area contributed by atoms with Crippen LogP contribution in [0.1, 0.15) is 16.0 Å². The average molecular weight is 407 g/mol. The predicted molar refractivity (Wildman–Crippen MR) is 99.0 cm³/mol. The van der Waals surface area contributed by atoms with Crippen LogP contribution >= 0.6 is 11.3 Å². The van der Waals surface area contributed by atoms with Gasteiger partial charge in [0.15, 0.2) is 0 Å². The van der Waals surface area contributed by atoms with Crippen LogP contribution in [0, 0.1) is 11.8 Å². The summed E-state index contributed by atoms with van der Waals surface area (Å²) in [6.07, 6.45) is -4.78. The Morgan fingerprint density at radius 3 is 2.41 bits per heavy atom. The van der Waals surface area contributed by atoms with Crippen molar-refractivity contribution in [2.75, 3.05) is 4.72 Å². The normalized spacial score (nSPS) is 11.5. The minimum Gasteiger partial charge on any atom is -0.280 e. The summed E-state index contributed by atoms with van der Waals surface area (Å²) in [5.41, 5.74) is -0.552. The van der Waals surface area contributed by atoms with Gasteiger partial charge in [-0.05, 0) is 41.8 Å². The number of halogens is 3. The van der Waals surface area contributed by atoms with Gasteiger partial charge < -0.3 is 0 Å². The summed E-state index contributed by atoms with van der Waals surface area (Å²) in [4.78, 5) is 0.0210. The lowest BCUT2D eigenvalue weighted by molar-refractivity contribution is -0.139. The third-order valence-electron chi connectivity index (χ3n) is 3.45. The van der Waals surface area contributed by atoms with Crippen molar-refractivity contribution >= 4 is 27.0 Å². The lowest BCUT2D eigenvalue weighted by Gasteiger charge is -2.14. The van der Waals surface area contributed by atoms with Crippen LogP contribution in [0.5, 0.6) is 0 Å². The van der Waals surface area contributed by atoms with E-state index < -0.39 is 26.7 Å². The summed E-state index contributed by atoms with van der Waals surface area (Å²) >= 11 is 1.47. The summed E-state index contributed by atoms with van der Waals surface area (Å²) in [7, 11) is -4.42. The molecular formula is C19H12F3NO2S2. The molecule has 0 aliphatic carbocycles. The molecule has 0 bridgehead atoms. The van der Waals surface area contributed by atoms with E-state index in [9.17, 15) is 21.6 Å². The number of nitrogens with one attached hydrogen (secondary N) is 1. The van der Waals surface area contributed by atoms with Gasteiger partial charge in [-0.3, -0.25) is 4.72 Å². The van der Waals surface area contributed by atoms with Gasteiger partial charge in [-0.2, -0.15) is 13.2 Å². The number of alkyl halides is 3. The van der Waals surface area contributed by atoms with Crippen molar-refractivity contribution < 1.29 is 21.6 Å².